The van der Waals surface area contributed by atoms with Gasteiger partial charge < -0.3 is 5.11 Å². The molecular weight excluding hydrogens is 444 g/mol. The van der Waals surface area contributed by atoms with Crippen LogP contribution in [0.5, 0.6) is 0 Å². The number of rotatable bonds is 5. The molecule has 4 rings (SSSR count). The summed E-state index contributed by atoms with van der Waals surface area (Å²) in [6.45, 7) is 3.64. The summed E-state index contributed by atoms with van der Waals surface area (Å²) < 4.78 is 30.7. The lowest BCUT2D eigenvalue weighted by molar-refractivity contribution is -0.0686. The Hall–Kier alpha value is -2.39. The quantitative estimate of drug-likeness (QED) is 0.737. The summed E-state index contributed by atoms with van der Waals surface area (Å²) in [5.74, 6) is -1.48. The van der Waals surface area contributed by atoms with Gasteiger partial charge in [-0.15, -0.1) is 0 Å². The number of hydrazone groups is 1. The zero-order valence-electron chi connectivity index (χ0n) is 15.9. The summed E-state index contributed by atoms with van der Waals surface area (Å²) >= 11 is 3.49. The fraction of sp³-hybridized carbons (Fsp3) is 0.350. The fourth-order valence-electron chi connectivity index (χ4n) is 3.98. The summed E-state index contributed by atoms with van der Waals surface area (Å²) in [4.78, 5) is 3.90. The van der Waals surface area contributed by atoms with E-state index in [1.54, 1.807) is 11.9 Å². The number of hydrogen-bond donors (Lipinski definition) is 1. The van der Waals surface area contributed by atoms with Crippen LogP contribution in [0.1, 0.15) is 19.4 Å². The van der Waals surface area contributed by atoms with Crippen molar-refractivity contribution in [3.8, 4) is 0 Å². The molecule has 152 valence electrons. The molecular formula is C20H20BrF2N5O. The minimum absolute atomic E-state index is 0.0188. The number of aromatic nitrogens is 3. The molecule has 1 N–H and O–H groups in total. The number of aliphatic hydroxyl groups is 1. The van der Waals surface area contributed by atoms with E-state index < -0.39 is 23.3 Å². The maximum absolute atomic E-state index is 14.8. The molecule has 0 saturated heterocycles. The van der Waals surface area contributed by atoms with E-state index in [1.807, 2.05) is 19.1 Å². The lowest BCUT2D eigenvalue weighted by Gasteiger charge is -2.41. The topological polar surface area (TPSA) is 66.5 Å². The smallest absolute Gasteiger partial charge is 0.137 e. The van der Waals surface area contributed by atoms with Crippen LogP contribution < -0.4 is 0 Å². The van der Waals surface area contributed by atoms with Crippen LogP contribution >= 0.6 is 15.9 Å². The predicted molar refractivity (Wildman–Crippen MR) is 108 cm³/mol. The van der Waals surface area contributed by atoms with Crippen LogP contribution in [0.4, 0.5) is 8.78 Å². The van der Waals surface area contributed by atoms with E-state index in [-0.39, 0.29) is 24.1 Å². The molecule has 1 aliphatic carbocycles. The fourth-order valence-corrected chi connectivity index (χ4v) is 4.42. The predicted octanol–water partition coefficient (Wildman–Crippen LogP) is 3.36. The molecule has 29 heavy (non-hydrogen) atoms. The number of allylic oxidation sites excluding steroid dienone is 2. The maximum Gasteiger partial charge on any atom is 0.137 e. The van der Waals surface area contributed by atoms with Crippen LogP contribution in [0, 0.1) is 17.6 Å². The monoisotopic (exact) mass is 463 g/mol. The van der Waals surface area contributed by atoms with Crippen molar-refractivity contribution >= 4 is 21.6 Å². The van der Waals surface area contributed by atoms with E-state index in [9.17, 15) is 13.9 Å². The SMILES string of the molecule is CC1=NN([C@H](C)[C@](O)(Cn2cncn2)c2ccc(F)cc2F)C2C=CC(Br)=CC12. The van der Waals surface area contributed by atoms with Crippen molar-refractivity contribution in [1.29, 1.82) is 0 Å². The van der Waals surface area contributed by atoms with Crippen molar-refractivity contribution in [2.75, 3.05) is 0 Å². The summed E-state index contributed by atoms with van der Waals surface area (Å²) in [6, 6.07) is 2.42. The molecule has 0 spiro atoms. The van der Waals surface area contributed by atoms with Crippen LogP contribution in [0.2, 0.25) is 0 Å². The van der Waals surface area contributed by atoms with Gasteiger partial charge in [0.05, 0.1) is 18.6 Å². The number of fused-ring (bicyclic) bond motifs is 1. The van der Waals surface area contributed by atoms with Crippen molar-refractivity contribution < 1.29 is 13.9 Å². The van der Waals surface area contributed by atoms with E-state index in [4.69, 9.17) is 0 Å². The highest BCUT2D eigenvalue weighted by Crippen LogP contribution is 2.39. The molecule has 0 amide bonds. The standard InChI is InChI=1S/C20H20BrF2N5O/c1-12-16-7-14(21)3-6-19(16)28(26-12)13(2)20(29,9-27-11-24-10-25-27)17-5-4-15(22)8-18(17)23/h3-8,10-11,13,16,19,29H,9H2,1-2H3/t13-,16?,19?,20-/m1/s1. The molecule has 2 heterocycles. The van der Waals surface area contributed by atoms with Crippen LogP contribution in [-0.2, 0) is 12.1 Å². The summed E-state index contributed by atoms with van der Waals surface area (Å²) in [5, 5.41) is 22.3. The number of nitrogens with zero attached hydrogens (tertiary/aromatic N) is 5. The van der Waals surface area contributed by atoms with E-state index >= 15 is 0 Å². The van der Waals surface area contributed by atoms with E-state index in [0.717, 1.165) is 22.3 Å². The molecule has 1 aromatic heterocycles. The maximum atomic E-state index is 14.8. The minimum atomic E-state index is -1.74. The van der Waals surface area contributed by atoms with Crippen molar-refractivity contribution in [2.24, 2.45) is 11.0 Å². The molecule has 1 aromatic carbocycles. The summed E-state index contributed by atoms with van der Waals surface area (Å²) in [5.41, 5.74) is -0.864. The number of benzene rings is 1. The van der Waals surface area contributed by atoms with Crippen molar-refractivity contribution in [2.45, 2.75) is 38.1 Å². The van der Waals surface area contributed by atoms with Crippen molar-refractivity contribution in [3.63, 3.8) is 0 Å². The number of halogens is 3. The Balaban J connectivity index is 1.76. The van der Waals surface area contributed by atoms with Crippen LogP contribution in [0.15, 0.2) is 58.7 Å². The first-order chi connectivity index (χ1) is 13.8. The van der Waals surface area contributed by atoms with Gasteiger partial charge >= 0.3 is 0 Å². The molecule has 2 unspecified atom stereocenters. The highest BCUT2D eigenvalue weighted by atomic mass is 79.9. The molecule has 2 aliphatic rings. The Bertz CT molecular complexity index is 1010. The third kappa shape index (κ3) is 3.53. The van der Waals surface area contributed by atoms with Crippen LogP contribution in [0.25, 0.3) is 0 Å². The van der Waals surface area contributed by atoms with Crippen LogP contribution in [-0.4, -0.2) is 42.7 Å². The Morgan fingerprint density at radius 3 is 2.83 bits per heavy atom. The Labute approximate surface area is 175 Å². The van der Waals surface area contributed by atoms with Gasteiger partial charge in [0.1, 0.15) is 29.9 Å². The molecule has 0 radical (unpaired) electrons. The second-order valence-corrected chi connectivity index (χ2v) is 8.28. The van der Waals surface area contributed by atoms with E-state index in [0.29, 0.717) is 0 Å². The van der Waals surface area contributed by atoms with Gasteiger partial charge in [-0.05, 0) is 19.9 Å². The molecule has 4 atom stereocenters. The highest BCUT2D eigenvalue weighted by molar-refractivity contribution is 9.11. The summed E-state index contributed by atoms with van der Waals surface area (Å²) in [6.07, 6.45) is 8.78. The van der Waals surface area contributed by atoms with Gasteiger partial charge in [0.2, 0.25) is 0 Å². The molecule has 0 saturated carbocycles. The zero-order chi connectivity index (χ0) is 20.8. The van der Waals surface area contributed by atoms with E-state index in [1.165, 1.54) is 23.4 Å². The second-order valence-electron chi connectivity index (χ2n) is 7.37. The zero-order valence-corrected chi connectivity index (χ0v) is 17.5. The Morgan fingerprint density at radius 2 is 2.14 bits per heavy atom. The molecule has 9 heteroatoms. The van der Waals surface area contributed by atoms with Gasteiger partial charge in [0.15, 0.2) is 0 Å². The third-order valence-electron chi connectivity index (χ3n) is 5.58. The third-order valence-corrected chi connectivity index (χ3v) is 6.10. The van der Waals surface area contributed by atoms with Gasteiger partial charge in [0, 0.05) is 27.7 Å². The number of hydrogen-bond acceptors (Lipinski definition) is 5. The molecule has 0 fully saturated rings. The van der Waals surface area contributed by atoms with Gasteiger partial charge in [-0.2, -0.15) is 10.2 Å². The minimum Gasteiger partial charge on any atom is -0.381 e. The molecule has 1 aliphatic heterocycles. The lowest BCUT2D eigenvalue weighted by Crippen LogP contribution is -2.52. The summed E-state index contributed by atoms with van der Waals surface area (Å²) in [7, 11) is 0. The van der Waals surface area contributed by atoms with Crippen molar-refractivity contribution in [3.05, 3.63) is 70.8 Å². The average Bonchev–Trinajstić information content (AvgIpc) is 3.29. The molecule has 0 bridgehead atoms. The highest BCUT2D eigenvalue weighted by Gasteiger charge is 2.47. The average molecular weight is 464 g/mol. The largest absolute Gasteiger partial charge is 0.381 e. The lowest BCUT2D eigenvalue weighted by atomic mass is 9.84. The molecule has 6 nitrogen and oxygen atoms in total. The normalized spacial score (nSPS) is 24.0. The molecule has 2 aromatic rings. The van der Waals surface area contributed by atoms with Gasteiger partial charge in [-0.1, -0.05) is 40.2 Å². The first-order valence-electron chi connectivity index (χ1n) is 9.19. The van der Waals surface area contributed by atoms with E-state index in [2.05, 4.69) is 37.2 Å². The van der Waals surface area contributed by atoms with Gasteiger partial charge in [-0.3, -0.25) is 5.01 Å². The first-order valence-corrected chi connectivity index (χ1v) is 9.98. The van der Waals surface area contributed by atoms with Gasteiger partial charge in [0.25, 0.3) is 0 Å². The Kier molecular flexibility index (Phi) is 5.12. The van der Waals surface area contributed by atoms with Crippen molar-refractivity contribution in [1.82, 2.24) is 19.8 Å². The Morgan fingerprint density at radius 1 is 1.34 bits per heavy atom. The first kappa shape index (κ1) is 19.9. The van der Waals surface area contributed by atoms with Gasteiger partial charge in [-0.25, -0.2) is 18.4 Å². The van der Waals surface area contributed by atoms with Crippen LogP contribution in [0.3, 0.4) is 0 Å². The second kappa shape index (κ2) is 7.46.